The summed E-state index contributed by atoms with van der Waals surface area (Å²) in [4.78, 5) is 13.4. The van der Waals surface area contributed by atoms with Crippen LogP contribution in [0.25, 0.3) is 0 Å². The van der Waals surface area contributed by atoms with E-state index >= 15 is 0 Å². The largest absolute Gasteiger partial charge is 0.508 e. The van der Waals surface area contributed by atoms with Gasteiger partial charge >= 0.3 is 0 Å². The van der Waals surface area contributed by atoms with Crippen molar-refractivity contribution < 1.29 is 9.90 Å². The highest BCUT2D eigenvalue weighted by molar-refractivity contribution is 8.00. The van der Waals surface area contributed by atoms with Crippen molar-refractivity contribution in [2.24, 2.45) is 0 Å². The number of carbonyl (C=O) groups excluding carboxylic acids is 1. The molecule has 0 saturated heterocycles. The number of nitrogens with one attached hydrogen (secondary N) is 1. The van der Waals surface area contributed by atoms with Crippen LogP contribution in [0.5, 0.6) is 5.75 Å². The fourth-order valence-corrected chi connectivity index (χ4v) is 3.26. The Labute approximate surface area is 162 Å². The van der Waals surface area contributed by atoms with Gasteiger partial charge in [-0.15, -0.1) is 0 Å². The van der Waals surface area contributed by atoms with Crippen LogP contribution in [0.3, 0.4) is 0 Å². The second kappa shape index (κ2) is 8.30. The van der Waals surface area contributed by atoms with Crippen LogP contribution >= 0.6 is 11.9 Å². The lowest BCUT2D eigenvalue weighted by molar-refractivity contribution is 0.102. The molecule has 0 aliphatic carbocycles. The van der Waals surface area contributed by atoms with Gasteiger partial charge in [0.25, 0.3) is 5.91 Å². The van der Waals surface area contributed by atoms with E-state index in [1.54, 1.807) is 42.5 Å². The van der Waals surface area contributed by atoms with Crippen molar-refractivity contribution in [3.8, 4) is 11.8 Å². The molecule has 27 heavy (non-hydrogen) atoms. The fraction of sp³-hybridized carbons (Fsp3) is 0.0476. The van der Waals surface area contributed by atoms with Crippen LogP contribution in [0, 0.1) is 11.3 Å². The molecule has 134 valence electrons. The first-order chi connectivity index (χ1) is 13.0. The van der Waals surface area contributed by atoms with Crippen molar-refractivity contribution >= 4 is 29.2 Å². The van der Waals surface area contributed by atoms with E-state index in [0.717, 1.165) is 10.6 Å². The lowest BCUT2D eigenvalue weighted by atomic mass is 10.2. The lowest BCUT2D eigenvalue weighted by Crippen LogP contribution is -2.12. The van der Waals surface area contributed by atoms with Gasteiger partial charge in [-0.3, -0.25) is 4.79 Å². The molecule has 0 fully saturated rings. The third-order valence-corrected chi connectivity index (χ3v) is 4.77. The summed E-state index contributed by atoms with van der Waals surface area (Å²) >= 11 is 1.48. The average molecular weight is 375 g/mol. The summed E-state index contributed by atoms with van der Waals surface area (Å²) in [7, 11) is 1.92. The summed E-state index contributed by atoms with van der Waals surface area (Å²) in [6.45, 7) is 0. The number of phenols is 1. The van der Waals surface area contributed by atoms with Crippen LogP contribution in [-0.4, -0.2) is 18.1 Å². The average Bonchev–Trinajstić information content (AvgIpc) is 2.69. The Morgan fingerprint density at radius 2 is 1.78 bits per heavy atom. The van der Waals surface area contributed by atoms with E-state index in [9.17, 15) is 9.90 Å². The topological polar surface area (TPSA) is 76.4 Å². The zero-order chi connectivity index (χ0) is 19.2. The summed E-state index contributed by atoms with van der Waals surface area (Å²) in [6, 6.07) is 23.0. The Balaban J connectivity index is 1.69. The van der Waals surface area contributed by atoms with Gasteiger partial charge in [0.1, 0.15) is 5.75 Å². The quantitative estimate of drug-likeness (QED) is 0.634. The summed E-state index contributed by atoms with van der Waals surface area (Å²) in [5.41, 5.74) is 2.66. The highest BCUT2D eigenvalue weighted by Gasteiger charge is 2.09. The molecule has 0 atom stereocenters. The molecule has 5 nitrogen and oxygen atoms in total. The monoisotopic (exact) mass is 375 g/mol. The van der Waals surface area contributed by atoms with E-state index in [4.69, 9.17) is 5.26 Å². The summed E-state index contributed by atoms with van der Waals surface area (Å²) in [5.74, 6) is 0.00747. The molecule has 0 unspecified atom stereocenters. The number of aromatic hydroxyl groups is 1. The highest BCUT2D eigenvalue weighted by Crippen LogP contribution is 2.29. The van der Waals surface area contributed by atoms with Crippen molar-refractivity contribution in [1.29, 1.82) is 5.26 Å². The van der Waals surface area contributed by atoms with Gasteiger partial charge in [-0.25, -0.2) is 0 Å². The van der Waals surface area contributed by atoms with E-state index in [1.165, 1.54) is 11.9 Å². The fourth-order valence-electron chi connectivity index (χ4n) is 2.40. The van der Waals surface area contributed by atoms with Crippen molar-refractivity contribution in [2.45, 2.75) is 4.90 Å². The maximum absolute atomic E-state index is 12.5. The van der Waals surface area contributed by atoms with Crippen molar-refractivity contribution in [1.82, 2.24) is 0 Å². The number of nitrogens with zero attached hydrogens (tertiary/aromatic N) is 2. The third kappa shape index (κ3) is 4.81. The molecule has 0 saturated carbocycles. The van der Waals surface area contributed by atoms with E-state index in [-0.39, 0.29) is 11.7 Å². The van der Waals surface area contributed by atoms with E-state index in [2.05, 4.69) is 5.32 Å². The molecule has 6 heteroatoms. The predicted molar refractivity (Wildman–Crippen MR) is 108 cm³/mol. The Morgan fingerprint density at radius 1 is 1.07 bits per heavy atom. The minimum Gasteiger partial charge on any atom is -0.508 e. The van der Waals surface area contributed by atoms with Gasteiger partial charge in [0, 0.05) is 28.9 Å². The molecule has 1 amide bonds. The molecule has 2 N–H and O–H groups in total. The van der Waals surface area contributed by atoms with Gasteiger partial charge in [-0.2, -0.15) is 5.26 Å². The molecule has 0 radical (unpaired) electrons. The first kappa shape index (κ1) is 18.4. The second-order valence-corrected chi connectivity index (χ2v) is 6.98. The van der Waals surface area contributed by atoms with Gasteiger partial charge in [-0.1, -0.05) is 6.07 Å². The molecule has 0 spiro atoms. The third-order valence-electron chi connectivity index (χ3n) is 3.82. The van der Waals surface area contributed by atoms with Crippen LogP contribution in [0.2, 0.25) is 0 Å². The van der Waals surface area contributed by atoms with Gasteiger partial charge in [0.2, 0.25) is 0 Å². The maximum atomic E-state index is 12.5. The summed E-state index contributed by atoms with van der Waals surface area (Å²) in [5, 5.41) is 21.1. The van der Waals surface area contributed by atoms with Crippen LogP contribution in [0.15, 0.2) is 77.7 Å². The van der Waals surface area contributed by atoms with E-state index in [0.29, 0.717) is 16.8 Å². The molecule has 3 aromatic carbocycles. The number of anilines is 2. The smallest absolute Gasteiger partial charge is 0.255 e. The van der Waals surface area contributed by atoms with Crippen molar-refractivity contribution in [2.75, 3.05) is 16.7 Å². The minimum atomic E-state index is -0.213. The molecular formula is C21H17N3O2S. The molecule has 3 aromatic rings. The first-order valence-electron chi connectivity index (χ1n) is 8.17. The zero-order valence-electron chi connectivity index (χ0n) is 14.6. The van der Waals surface area contributed by atoms with Gasteiger partial charge < -0.3 is 14.7 Å². The van der Waals surface area contributed by atoms with Crippen molar-refractivity contribution in [3.63, 3.8) is 0 Å². The predicted octanol–water partition coefficient (Wildman–Crippen LogP) is 4.66. The number of carbonyl (C=O) groups is 1. The summed E-state index contributed by atoms with van der Waals surface area (Å²) in [6.07, 6.45) is 0. The molecule has 0 aliphatic heterocycles. The van der Waals surface area contributed by atoms with Crippen LogP contribution in [-0.2, 0) is 0 Å². The number of hydrogen-bond donors (Lipinski definition) is 2. The number of phenolic OH excluding ortho intramolecular Hbond substituents is 1. The van der Waals surface area contributed by atoms with Gasteiger partial charge in [-0.05, 0) is 78.7 Å². The number of hydrogen-bond acceptors (Lipinski definition) is 5. The highest BCUT2D eigenvalue weighted by atomic mass is 32.2. The Bertz CT molecular complexity index is 980. The molecular weight excluding hydrogens is 358 g/mol. The SMILES string of the molecule is CN(Sc1cccc(C(=O)Nc2ccc(C#N)cc2)c1)c1ccc(O)cc1. The first-order valence-corrected chi connectivity index (χ1v) is 8.95. The molecule has 0 bridgehead atoms. The minimum absolute atomic E-state index is 0.213. The van der Waals surface area contributed by atoms with E-state index < -0.39 is 0 Å². The molecule has 0 aliphatic rings. The van der Waals surface area contributed by atoms with Crippen LogP contribution < -0.4 is 9.62 Å². The normalized spacial score (nSPS) is 10.1. The molecule has 0 heterocycles. The van der Waals surface area contributed by atoms with Gasteiger partial charge in [0.15, 0.2) is 0 Å². The van der Waals surface area contributed by atoms with E-state index in [1.807, 2.05) is 47.8 Å². The second-order valence-electron chi connectivity index (χ2n) is 5.78. The van der Waals surface area contributed by atoms with Gasteiger partial charge in [0.05, 0.1) is 11.6 Å². The maximum Gasteiger partial charge on any atom is 0.255 e. The van der Waals surface area contributed by atoms with Crippen LogP contribution in [0.4, 0.5) is 11.4 Å². The standard InChI is InChI=1S/C21H17N3O2S/c1-24(18-9-11-19(25)12-10-18)27-20-4-2-3-16(13-20)21(26)23-17-7-5-15(14-22)6-8-17/h2-13,25H,1H3,(H,23,26). The molecule has 3 rings (SSSR count). The zero-order valence-corrected chi connectivity index (χ0v) is 15.4. The lowest BCUT2D eigenvalue weighted by Gasteiger charge is -2.18. The van der Waals surface area contributed by atoms with Crippen molar-refractivity contribution in [3.05, 3.63) is 83.9 Å². The molecule has 0 aromatic heterocycles. The summed E-state index contributed by atoms with van der Waals surface area (Å²) < 4.78 is 1.96. The van der Waals surface area contributed by atoms with Crippen LogP contribution in [0.1, 0.15) is 15.9 Å². The number of amides is 1. The Hall–Kier alpha value is -3.43. The number of rotatable bonds is 5. The number of nitriles is 1. The Morgan fingerprint density at radius 3 is 2.44 bits per heavy atom. The number of benzene rings is 3. The Kier molecular flexibility index (Phi) is 5.64.